The van der Waals surface area contributed by atoms with E-state index in [1.165, 1.54) is 5.56 Å². The van der Waals surface area contributed by atoms with Crippen LogP contribution in [-0.2, 0) is 17.8 Å². The molecule has 0 bridgehead atoms. The minimum atomic E-state index is 0.0850. The average Bonchev–Trinajstić information content (AvgIpc) is 2.61. The highest BCUT2D eigenvalue weighted by molar-refractivity contribution is 6.30. The molecule has 1 fully saturated rings. The monoisotopic (exact) mass is 357 g/mol. The number of carbonyl (C=O) groups is 1. The SMILES string of the molecule is Cc1ccc(CC(=O)NC2CCN(Cc3ccc(Cl)cc3)CC2)cn1. The number of benzene rings is 1. The van der Waals surface area contributed by atoms with E-state index in [0.717, 1.165) is 48.8 Å². The Bertz CT molecular complexity index is 692. The van der Waals surface area contributed by atoms with Gasteiger partial charge in [-0.05, 0) is 49.1 Å². The van der Waals surface area contributed by atoms with Crippen molar-refractivity contribution in [2.75, 3.05) is 13.1 Å². The quantitative estimate of drug-likeness (QED) is 0.892. The Morgan fingerprint density at radius 2 is 1.84 bits per heavy atom. The van der Waals surface area contributed by atoms with Crippen molar-refractivity contribution in [2.24, 2.45) is 0 Å². The summed E-state index contributed by atoms with van der Waals surface area (Å²) in [5.41, 5.74) is 3.21. The van der Waals surface area contributed by atoms with Gasteiger partial charge in [0.15, 0.2) is 0 Å². The van der Waals surface area contributed by atoms with E-state index < -0.39 is 0 Å². The number of likely N-dealkylation sites (tertiary alicyclic amines) is 1. The minimum Gasteiger partial charge on any atom is -0.353 e. The van der Waals surface area contributed by atoms with Gasteiger partial charge in [-0.15, -0.1) is 0 Å². The van der Waals surface area contributed by atoms with Gasteiger partial charge >= 0.3 is 0 Å². The molecular formula is C20H24ClN3O. The zero-order valence-electron chi connectivity index (χ0n) is 14.5. The van der Waals surface area contributed by atoms with Crippen molar-refractivity contribution in [3.63, 3.8) is 0 Å². The third-order valence-electron chi connectivity index (χ3n) is 4.61. The zero-order valence-corrected chi connectivity index (χ0v) is 15.3. The highest BCUT2D eigenvalue weighted by Crippen LogP contribution is 2.16. The predicted octanol–water partition coefficient (Wildman–Crippen LogP) is 3.37. The van der Waals surface area contributed by atoms with Gasteiger partial charge in [0.1, 0.15) is 0 Å². The molecular weight excluding hydrogens is 334 g/mol. The van der Waals surface area contributed by atoms with E-state index in [0.29, 0.717) is 6.42 Å². The van der Waals surface area contributed by atoms with Crippen LogP contribution < -0.4 is 5.32 Å². The number of rotatable bonds is 5. The number of halogens is 1. The Morgan fingerprint density at radius 3 is 2.48 bits per heavy atom. The van der Waals surface area contributed by atoms with E-state index in [-0.39, 0.29) is 11.9 Å². The second-order valence-electron chi connectivity index (χ2n) is 6.73. The zero-order chi connectivity index (χ0) is 17.6. The van der Waals surface area contributed by atoms with Crippen LogP contribution in [0.1, 0.15) is 29.7 Å². The number of nitrogens with one attached hydrogen (secondary N) is 1. The summed E-state index contributed by atoms with van der Waals surface area (Å²) in [5, 5.41) is 3.94. The third-order valence-corrected chi connectivity index (χ3v) is 4.86. The number of carbonyl (C=O) groups excluding carboxylic acids is 1. The highest BCUT2D eigenvalue weighted by Gasteiger charge is 2.20. The van der Waals surface area contributed by atoms with Gasteiger partial charge in [-0.1, -0.05) is 29.8 Å². The first-order valence-electron chi connectivity index (χ1n) is 8.76. The first-order valence-corrected chi connectivity index (χ1v) is 9.14. The summed E-state index contributed by atoms with van der Waals surface area (Å²) >= 11 is 5.93. The lowest BCUT2D eigenvalue weighted by molar-refractivity contribution is -0.121. The Morgan fingerprint density at radius 1 is 1.16 bits per heavy atom. The average molecular weight is 358 g/mol. The summed E-state index contributed by atoms with van der Waals surface area (Å²) in [4.78, 5) is 18.9. The van der Waals surface area contributed by atoms with E-state index in [1.807, 2.05) is 31.2 Å². The van der Waals surface area contributed by atoms with Gasteiger partial charge in [0.2, 0.25) is 5.91 Å². The van der Waals surface area contributed by atoms with E-state index in [9.17, 15) is 4.79 Å². The Kier molecular flexibility index (Phi) is 6.05. The van der Waals surface area contributed by atoms with Crippen molar-refractivity contribution in [3.8, 4) is 0 Å². The molecule has 1 aromatic heterocycles. The normalized spacial score (nSPS) is 15.9. The summed E-state index contributed by atoms with van der Waals surface area (Å²) in [6.45, 7) is 4.88. The lowest BCUT2D eigenvalue weighted by Gasteiger charge is -2.32. The van der Waals surface area contributed by atoms with E-state index in [2.05, 4.69) is 27.3 Å². The molecule has 0 aliphatic carbocycles. The Labute approximate surface area is 154 Å². The fourth-order valence-corrected chi connectivity index (χ4v) is 3.28. The van der Waals surface area contributed by atoms with Crippen LogP contribution in [-0.4, -0.2) is 34.9 Å². The van der Waals surface area contributed by atoms with Crippen LogP contribution in [0.5, 0.6) is 0 Å². The number of piperidine rings is 1. The van der Waals surface area contributed by atoms with Gasteiger partial charge in [0, 0.05) is 42.6 Å². The summed E-state index contributed by atoms with van der Waals surface area (Å²) in [7, 11) is 0. The maximum atomic E-state index is 12.2. The molecule has 0 radical (unpaired) electrons. The second-order valence-corrected chi connectivity index (χ2v) is 7.17. The van der Waals surface area contributed by atoms with Crippen LogP contribution in [0.25, 0.3) is 0 Å². The van der Waals surface area contributed by atoms with Crippen LogP contribution in [0.4, 0.5) is 0 Å². The summed E-state index contributed by atoms with van der Waals surface area (Å²) in [5.74, 6) is 0.0850. The largest absolute Gasteiger partial charge is 0.353 e. The molecule has 2 heterocycles. The second kappa shape index (κ2) is 8.45. The third kappa shape index (κ3) is 5.55. The molecule has 3 rings (SSSR count). The number of nitrogens with zero attached hydrogens (tertiary/aromatic N) is 2. The first-order chi connectivity index (χ1) is 12.1. The Hall–Kier alpha value is -1.91. The molecule has 25 heavy (non-hydrogen) atoms. The molecule has 132 valence electrons. The van der Waals surface area contributed by atoms with Crippen molar-refractivity contribution >= 4 is 17.5 Å². The predicted molar refractivity (Wildman–Crippen MR) is 101 cm³/mol. The van der Waals surface area contributed by atoms with Gasteiger partial charge in [-0.3, -0.25) is 14.7 Å². The van der Waals surface area contributed by atoms with Crippen LogP contribution in [0, 0.1) is 6.92 Å². The molecule has 0 spiro atoms. The van der Waals surface area contributed by atoms with Crippen LogP contribution in [0.15, 0.2) is 42.6 Å². The molecule has 1 saturated heterocycles. The van der Waals surface area contributed by atoms with Crippen molar-refractivity contribution in [1.29, 1.82) is 0 Å². The fraction of sp³-hybridized carbons (Fsp3) is 0.400. The molecule has 2 aromatic rings. The van der Waals surface area contributed by atoms with E-state index in [4.69, 9.17) is 11.6 Å². The number of amides is 1. The smallest absolute Gasteiger partial charge is 0.224 e. The lowest BCUT2D eigenvalue weighted by Crippen LogP contribution is -2.44. The fourth-order valence-electron chi connectivity index (χ4n) is 3.15. The van der Waals surface area contributed by atoms with Crippen LogP contribution in [0.2, 0.25) is 5.02 Å². The summed E-state index contributed by atoms with van der Waals surface area (Å²) in [6, 6.07) is 12.2. The molecule has 1 amide bonds. The van der Waals surface area contributed by atoms with Crippen molar-refractivity contribution < 1.29 is 4.79 Å². The lowest BCUT2D eigenvalue weighted by atomic mass is 10.0. The molecule has 5 heteroatoms. The van der Waals surface area contributed by atoms with Crippen molar-refractivity contribution in [2.45, 2.75) is 38.8 Å². The number of aryl methyl sites for hydroxylation is 1. The molecule has 1 aliphatic rings. The van der Waals surface area contributed by atoms with Gasteiger partial charge in [-0.25, -0.2) is 0 Å². The van der Waals surface area contributed by atoms with Gasteiger partial charge in [0.05, 0.1) is 6.42 Å². The summed E-state index contributed by atoms with van der Waals surface area (Å²) < 4.78 is 0. The maximum absolute atomic E-state index is 12.2. The van der Waals surface area contributed by atoms with Gasteiger partial charge < -0.3 is 5.32 Å². The summed E-state index contributed by atoms with van der Waals surface area (Å²) in [6.07, 6.45) is 4.17. The molecule has 1 aliphatic heterocycles. The molecule has 4 nitrogen and oxygen atoms in total. The Balaban J connectivity index is 1.42. The van der Waals surface area contributed by atoms with E-state index >= 15 is 0 Å². The van der Waals surface area contributed by atoms with Crippen molar-refractivity contribution in [3.05, 3.63) is 64.4 Å². The van der Waals surface area contributed by atoms with Crippen LogP contribution in [0.3, 0.4) is 0 Å². The molecule has 0 unspecified atom stereocenters. The first kappa shape index (κ1) is 17.9. The number of hydrogen-bond donors (Lipinski definition) is 1. The molecule has 1 aromatic carbocycles. The maximum Gasteiger partial charge on any atom is 0.224 e. The van der Waals surface area contributed by atoms with Gasteiger partial charge in [0.25, 0.3) is 0 Å². The number of aromatic nitrogens is 1. The topological polar surface area (TPSA) is 45.2 Å². The van der Waals surface area contributed by atoms with Crippen molar-refractivity contribution in [1.82, 2.24) is 15.2 Å². The number of hydrogen-bond acceptors (Lipinski definition) is 3. The van der Waals surface area contributed by atoms with Crippen LogP contribution >= 0.6 is 11.6 Å². The molecule has 1 N–H and O–H groups in total. The standard InChI is InChI=1S/C20H24ClN3O/c1-15-2-3-17(13-22-15)12-20(25)23-19-8-10-24(11-9-19)14-16-4-6-18(21)7-5-16/h2-7,13,19H,8-12,14H2,1H3,(H,23,25). The number of pyridine rings is 1. The molecule has 0 atom stereocenters. The van der Waals surface area contributed by atoms with E-state index in [1.54, 1.807) is 6.20 Å². The minimum absolute atomic E-state index is 0.0850. The van der Waals surface area contributed by atoms with Gasteiger partial charge in [-0.2, -0.15) is 0 Å². The highest BCUT2D eigenvalue weighted by atomic mass is 35.5. The molecule has 0 saturated carbocycles.